The fourth-order valence-corrected chi connectivity index (χ4v) is 1.30. The van der Waals surface area contributed by atoms with Gasteiger partial charge >= 0.3 is 12.3 Å². The predicted octanol–water partition coefficient (Wildman–Crippen LogP) is 1.92. The summed E-state index contributed by atoms with van der Waals surface area (Å²) >= 11 is 0. The number of carboxylic acid groups (broad SMARTS) is 1. The molecule has 0 saturated heterocycles. The van der Waals surface area contributed by atoms with Gasteiger partial charge in [0.15, 0.2) is 0 Å². The van der Waals surface area contributed by atoms with Gasteiger partial charge in [-0.1, -0.05) is 0 Å². The summed E-state index contributed by atoms with van der Waals surface area (Å²) in [4.78, 5) is 14.1. The molecule has 18 heavy (non-hydrogen) atoms. The van der Waals surface area contributed by atoms with Crippen LogP contribution in [0.5, 0.6) is 11.6 Å². The molecule has 1 rings (SSSR count). The van der Waals surface area contributed by atoms with E-state index in [4.69, 9.17) is 9.84 Å². The quantitative estimate of drug-likeness (QED) is 0.900. The van der Waals surface area contributed by atoms with Crippen LogP contribution < -0.4 is 9.47 Å². The molecule has 0 spiro atoms. The molecule has 0 amide bonds. The fourth-order valence-electron chi connectivity index (χ4n) is 1.30. The summed E-state index contributed by atoms with van der Waals surface area (Å²) in [6.45, 7) is 1.42. The molecule has 1 heterocycles. The predicted molar refractivity (Wildman–Crippen MR) is 53.5 cm³/mol. The molecule has 0 fully saturated rings. The zero-order valence-electron chi connectivity index (χ0n) is 9.54. The van der Waals surface area contributed by atoms with E-state index >= 15 is 0 Å². The Morgan fingerprint density at radius 2 is 2.11 bits per heavy atom. The largest absolute Gasteiger partial charge is 0.574 e. The van der Waals surface area contributed by atoms with Crippen molar-refractivity contribution in [3.05, 3.63) is 17.3 Å². The van der Waals surface area contributed by atoms with Gasteiger partial charge in [0, 0.05) is 5.56 Å². The lowest BCUT2D eigenvalue weighted by Crippen LogP contribution is -2.20. The molecule has 0 aliphatic rings. The molecule has 5 nitrogen and oxygen atoms in total. The third-order valence-electron chi connectivity index (χ3n) is 1.98. The first-order chi connectivity index (χ1) is 8.23. The highest BCUT2D eigenvalue weighted by molar-refractivity contribution is 5.71. The van der Waals surface area contributed by atoms with Gasteiger partial charge in [-0.3, -0.25) is 4.79 Å². The summed E-state index contributed by atoms with van der Waals surface area (Å²) in [6, 6.07) is 1.16. The zero-order valence-corrected chi connectivity index (χ0v) is 9.54. The number of pyridine rings is 1. The van der Waals surface area contributed by atoms with Crippen LogP contribution in [-0.2, 0) is 11.2 Å². The van der Waals surface area contributed by atoms with E-state index in [1.54, 1.807) is 0 Å². The Kier molecular flexibility index (Phi) is 4.00. The first kappa shape index (κ1) is 14.1. The Labute approximate surface area is 100 Å². The van der Waals surface area contributed by atoms with Gasteiger partial charge in [-0.05, 0) is 13.0 Å². The minimum atomic E-state index is -4.93. The lowest BCUT2D eigenvalue weighted by molar-refractivity contribution is -0.276. The summed E-state index contributed by atoms with van der Waals surface area (Å²) in [7, 11) is 1.30. The number of alkyl halides is 3. The van der Waals surface area contributed by atoms with Crippen molar-refractivity contribution in [2.75, 3.05) is 7.11 Å². The van der Waals surface area contributed by atoms with E-state index in [1.165, 1.54) is 14.0 Å². The maximum atomic E-state index is 12.1. The summed E-state index contributed by atoms with van der Waals surface area (Å²) < 4.78 is 44.9. The van der Waals surface area contributed by atoms with Crippen LogP contribution >= 0.6 is 0 Å². The number of halogens is 3. The number of methoxy groups -OCH3 is 1. The average molecular weight is 265 g/mol. The molecule has 1 aromatic heterocycles. The molecule has 1 N–H and O–H groups in total. The van der Waals surface area contributed by atoms with Crippen molar-refractivity contribution in [1.82, 2.24) is 4.98 Å². The van der Waals surface area contributed by atoms with E-state index in [0.29, 0.717) is 0 Å². The minimum Gasteiger partial charge on any atom is -0.495 e. The van der Waals surface area contributed by atoms with Gasteiger partial charge in [0.05, 0.1) is 19.2 Å². The molecule has 0 saturated carbocycles. The maximum absolute atomic E-state index is 12.1. The highest BCUT2D eigenvalue weighted by Crippen LogP contribution is 2.29. The van der Waals surface area contributed by atoms with Crippen LogP contribution in [0.25, 0.3) is 0 Å². The molecule has 0 radical (unpaired) electrons. The maximum Gasteiger partial charge on any atom is 0.574 e. The average Bonchev–Trinajstić information content (AvgIpc) is 2.19. The van der Waals surface area contributed by atoms with Crippen molar-refractivity contribution in [2.24, 2.45) is 0 Å². The molecule has 0 unspecified atom stereocenters. The van der Waals surface area contributed by atoms with Crippen molar-refractivity contribution in [3.63, 3.8) is 0 Å². The van der Waals surface area contributed by atoms with E-state index in [9.17, 15) is 18.0 Å². The number of hydrogen-bond acceptors (Lipinski definition) is 4. The number of hydrogen-bond donors (Lipinski definition) is 1. The highest BCUT2D eigenvalue weighted by Gasteiger charge is 2.33. The third-order valence-corrected chi connectivity index (χ3v) is 1.98. The molecule has 0 aromatic carbocycles. The molecular formula is C10H10F3NO4. The molecule has 0 bridgehead atoms. The van der Waals surface area contributed by atoms with Crippen molar-refractivity contribution < 1.29 is 32.5 Å². The first-order valence-electron chi connectivity index (χ1n) is 4.75. The van der Waals surface area contributed by atoms with E-state index in [-0.39, 0.29) is 17.0 Å². The van der Waals surface area contributed by atoms with E-state index in [0.717, 1.165) is 6.07 Å². The number of nitrogens with zero attached hydrogens (tertiary/aromatic N) is 1. The first-order valence-corrected chi connectivity index (χ1v) is 4.75. The van der Waals surface area contributed by atoms with Crippen LogP contribution in [0.1, 0.15) is 11.3 Å². The normalized spacial score (nSPS) is 11.2. The lowest BCUT2D eigenvalue weighted by Gasteiger charge is -2.13. The van der Waals surface area contributed by atoms with Crippen LogP contribution in [0.2, 0.25) is 0 Å². The number of aromatic nitrogens is 1. The van der Waals surface area contributed by atoms with Crippen LogP contribution in [-0.4, -0.2) is 29.5 Å². The Bertz CT molecular complexity index is 459. The smallest absolute Gasteiger partial charge is 0.495 e. The molecule has 100 valence electrons. The van der Waals surface area contributed by atoms with Gasteiger partial charge in [0.1, 0.15) is 5.75 Å². The van der Waals surface area contributed by atoms with Crippen molar-refractivity contribution in [1.29, 1.82) is 0 Å². The lowest BCUT2D eigenvalue weighted by atomic mass is 10.1. The topological polar surface area (TPSA) is 68.7 Å². The van der Waals surface area contributed by atoms with Gasteiger partial charge in [0.2, 0.25) is 5.88 Å². The van der Waals surface area contributed by atoms with Crippen LogP contribution in [0.4, 0.5) is 13.2 Å². The van der Waals surface area contributed by atoms with Gasteiger partial charge in [-0.15, -0.1) is 13.2 Å². The van der Waals surface area contributed by atoms with Crippen LogP contribution in [0.3, 0.4) is 0 Å². The summed E-state index contributed by atoms with van der Waals surface area (Å²) in [6.07, 6.45) is -5.57. The second-order valence-corrected chi connectivity index (χ2v) is 3.36. The van der Waals surface area contributed by atoms with Gasteiger partial charge in [-0.2, -0.15) is 0 Å². The molecular weight excluding hydrogens is 255 g/mol. The van der Waals surface area contributed by atoms with Crippen molar-refractivity contribution in [2.45, 2.75) is 19.7 Å². The van der Waals surface area contributed by atoms with Crippen molar-refractivity contribution in [3.8, 4) is 11.6 Å². The number of carboxylic acids is 1. The van der Waals surface area contributed by atoms with Gasteiger partial charge in [0.25, 0.3) is 0 Å². The summed E-state index contributed by atoms with van der Waals surface area (Å²) in [5.41, 5.74) is -0.0341. The monoisotopic (exact) mass is 265 g/mol. The molecule has 0 atom stereocenters. The molecule has 8 heteroatoms. The third kappa shape index (κ3) is 3.79. The van der Waals surface area contributed by atoms with E-state index < -0.39 is 24.6 Å². The second-order valence-electron chi connectivity index (χ2n) is 3.36. The second kappa shape index (κ2) is 5.11. The standard InChI is InChI=1S/C10H10F3NO4/c1-5-7(17-2)3-6(4-8(15)16)9(14-5)18-10(11,12)13/h3H,4H2,1-2H3,(H,15,16). The number of carbonyl (C=O) groups is 1. The number of ether oxygens (including phenoxy) is 2. The Morgan fingerprint density at radius 1 is 1.50 bits per heavy atom. The minimum absolute atomic E-state index is 0.172. The summed E-state index contributed by atoms with van der Waals surface area (Å²) in [5.74, 6) is -1.88. The van der Waals surface area contributed by atoms with Crippen LogP contribution in [0.15, 0.2) is 6.07 Å². The SMILES string of the molecule is COc1cc(CC(=O)O)c(OC(F)(F)F)nc1C. The fraction of sp³-hybridized carbons (Fsp3) is 0.400. The van der Waals surface area contributed by atoms with E-state index in [2.05, 4.69) is 9.72 Å². The zero-order chi connectivity index (χ0) is 13.9. The Morgan fingerprint density at radius 3 is 2.56 bits per heavy atom. The molecule has 0 aliphatic carbocycles. The van der Waals surface area contributed by atoms with Crippen molar-refractivity contribution >= 4 is 5.97 Å². The number of aryl methyl sites for hydroxylation is 1. The van der Waals surface area contributed by atoms with Gasteiger partial charge < -0.3 is 14.6 Å². The Balaban J connectivity index is 3.20. The van der Waals surface area contributed by atoms with Crippen LogP contribution in [0, 0.1) is 6.92 Å². The van der Waals surface area contributed by atoms with E-state index in [1.807, 2.05) is 0 Å². The highest BCUT2D eigenvalue weighted by atomic mass is 19.4. The Hall–Kier alpha value is -1.99. The van der Waals surface area contributed by atoms with Gasteiger partial charge in [-0.25, -0.2) is 4.98 Å². The molecule has 0 aliphatic heterocycles. The number of aliphatic carboxylic acids is 1. The molecule has 1 aromatic rings. The number of rotatable bonds is 4. The summed E-state index contributed by atoms with van der Waals surface area (Å²) in [5, 5.41) is 8.62.